The predicted molar refractivity (Wildman–Crippen MR) is 77.9 cm³/mol. The number of aryl methyl sites for hydroxylation is 2. The molecule has 98 valence electrons. The standard InChI is InChI=1S/C13H25N3S/c1-5-6-7-16-9-12(3)15-13(16)14-8-11(2)10-17-4/h9,11H,5-8,10H2,1-4H3,(H,14,15). The van der Waals surface area contributed by atoms with Crippen molar-refractivity contribution in [3.8, 4) is 0 Å². The highest BCUT2D eigenvalue weighted by Gasteiger charge is 2.06. The Labute approximate surface area is 109 Å². The van der Waals surface area contributed by atoms with E-state index in [1.165, 1.54) is 18.6 Å². The van der Waals surface area contributed by atoms with Crippen molar-refractivity contribution in [2.24, 2.45) is 5.92 Å². The van der Waals surface area contributed by atoms with Gasteiger partial charge in [-0.05, 0) is 31.3 Å². The van der Waals surface area contributed by atoms with Crippen LogP contribution < -0.4 is 5.32 Å². The summed E-state index contributed by atoms with van der Waals surface area (Å²) in [6.07, 6.45) is 6.73. The summed E-state index contributed by atoms with van der Waals surface area (Å²) in [6.45, 7) is 8.62. The van der Waals surface area contributed by atoms with Gasteiger partial charge >= 0.3 is 0 Å². The van der Waals surface area contributed by atoms with Crippen LogP contribution in [-0.4, -0.2) is 28.1 Å². The predicted octanol–water partition coefficient (Wildman–Crippen LogP) is 3.40. The monoisotopic (exact) mass is 255 g/mol. The van der Waals surface area contributed by atoms with Gasteiger partial charge in [-0.2, -0.15) is 11.8 Å². The molecule has 1 atom stereocenters. The number of hydrogen-bond acceptors (Lipinski definition) is 3. The Morgan fingerprint density at radius 1 is 1.53 bits per heavy atom. The van der Waals surface area contributed by atoms with Crippen LogP contribution in [0.1, 0.15) is 32.4 Å². The second-order valence-electron chi connectivity index (χ2n) is 4.69. The normalized spacial score (nSPS) is 12.7. The van der Waals surface area contributed by atoms with E-state index >= 15 is 0 Å². The first kappa shape index (κ1) is 14.4. The Kier molecular flexibility index (Phi) is 6.48. The van der Waals surface area contributed by atoms with Gasteiger partial charge in [0, 0.05) is 19.3 Å². The van der Waals surface area contributed by atoms with Crippen molar-refractivity contribution < 1.29 is 0 Å². The van der Waals surface area contributed by atoms with E-state index in [-0.39, 0.29) is 0 Å². The quantitative estimate of drug-likeness (QED) is 0.772. The Morgan fingerprint density at radius 3 is 2.94 bits per heavy atom. The Balaban J connectivity index is 2.50. The summed E-state index contributed by atoms with van der Waals surface area (Å²) in [5.41, 5.74) is 1.10. The van der Waals surface area contributed by atoms with Gasteiger partial charge in [-0.15, -0.1) is 0 Å². The number of aromatic nitrogens is 2. The lowest BCUT2D eigenvalue weighted by molar-refractivity contribution is 0.626. The molecule has 0 bridgehead atoms. The molecule has 17 heavy (non-hydrogen) atoms. The second-order valence-corrected chi connectivity index (χ2v) is 5.60. The van der Waals surface area contributed by atoms with Gasteiger partial charge in [-0.25, -0.2) is 4.98 Å². The molecule has 1 aromatic heterocycles. The molecule has 0 aromatic carbocycles. The molecule has 1 aromatic rings. The van der Waals surface area contributed by atoms with E-state index in [2.05, 4.69) is 48.1 Å². The third-order valence-electron chi connectivity index (χ3n) is 2.71. The number of imidazole rings is 1. The Hall–Kier alpha value is -0.640. The third-order valence-corrected chi connectivity index (χ3v) is 3.61. The van der Waals surface area contributed by atoms with E-state index in [1.54, 1.807) is 0 Å². The highest BCUT2D eigenvalue weighted by atomic mass is 32.2. The van der Waals surface area contributed by atoms with Gasteiger partial charge in [0.1, 0.15) is 0 Å². The molecule has 0 aliphatic rings. The van der Waals surface area contributed by atoms with Crippen molar-refractivity contribution in [1.29, 1.82) is 0 Å². The van der Waals surface area contributed by atoms with Crippen LogP contribution in [-0.2, 0) is 6.54 Å². The van der Waals surface area contributed by atoms with Gasteiger partial charge < -0.3 is 9.88 Å². The summed E-state index contributed by atoms with van der Waals surface area (Å²) in [7, 11) is 0. The van der Waals surface area contributed by atoms with E-state index in [9.17, 15) is 0 Å². The van der Waals surface area contributed by atoms with Crippen molar-refractivity contribution >= 4 is 17.7 Å². The summed E-state index contributed by atoms with van der Waals surface area (Å²) in [4.78, 5) is 4.54. The third kappa shape index (κ3) is 5.02. The summed E-state index contributed by atoms with van der Waals surface area (Å²) < 4.78 is 2.24. The number of hydrogen-bond donors (Lipinski definition) is 1. The fourth-order valence-electron chi connectivity index (χ4n) is 1.80. The average Bonchev–Trinajstić information content (AvgIpc) is 2.65. The van der Waals surface area contributed by atoms with Crippen LogP contribution in [0, 0.1) is 12.8 Å². The van der Waals surface area contributed by atoms with Gasteiger partial charge in [0.15, 0.2) is 0 Å². The fraction of sp³-hybridized carbons (Fsp3) is 0.769. The van der Waals surface area contributed by atoms with E-state index in [0.717, 1.165) is 24.7 Å². The molecule has 1 unspecified atom stereocenters. The first-order valence-electron chi connectivity index (χ1n) is 6.44. The molecule has 3 nitrogen and oxygen atoms in total. The summed E-state index contributed by atoms with van der Waals surface area (Å²) in [6, 6.07) is 0. The van der Waals surface area contributed by atoms with E-state index in [0.29, 0.717) is 5.92 Å². The maximum atomic E-state index is 4.54. The highest BCUT2D eigenvalue weighted by molar-refractivity contribution is 7.98. The number of nitrogens with zero attached hydrogens (tertiary/aromatic N) is 2. The summed E-state index contributed by atoms with van der Waals surface area (Å²) in [5, 5.41) is 3.47. The number of unbranched alkanes of at least 4 members (excludes halogenated alkanes) is 1. The Morgan fingerprint density at radius 2 is 2.29 bits per heavy atom. The minimum absolute atomic E-state index is 0.682. The molecule has 1 rings (SSSR count). The zero-order chi connectivity index (χ0) is 12.7. The summed E-state index contributed by atoms with van der Waals surface area (Å²) in [5.74, 6) is 2.91. The summed E-state index contributed by atoms with van der Waals surface area (Å²) >= 11 is 1.90. The van der Waals surface area contributed by atoms with Gasteiger partial charge in [-0.3, -0.25) is 0 Å². The van der Waals surface area contributed by atoms with Crippen LogP contribution in [0.15, 0.2) is 6.20 Å². The lowest BCUT2D eigenvalue weighted by atomic mass is 10.2. The highest BCUT2D eigenvalue weighted by Crippen LogP contribution is 2.12. The van der Waals surface area contributed by atoms with Crippen LogP contribution in [0.25, 0.3) is 0 Å². The molecule has 1 heterocycles. The molecule has 0 aliphatic heterocycles. The van der Waals surface area contributed by atoms with E-state index in [4.69, 9.17) is 0 Å². The fourth-order valence-corrected chi connectivity index (χ4v) is 2.48. The van der Waals surface area contributed by atoms with Crippen molar-refractivity contribution in [3.05, 3.63) is 11.9 Å². The lowest BCUT2D eigenvalue weighted by Gasteiger charge is -2.13. The smallest absolute Gasteiger partial charge is 0.203 e. The number of nitrogens with one attached hydrogen (secondary N) is 1. The second kappa shape index (κ2) is 7.64. The molecule has 0 radical (unpaired) electrons. The first-order valence-corrected chi connectivity index (χ1v) is 7.83. The van der Waals surface area contributed by atoms with Crippen LogP contribution in [0.4, 0.5) is 5.95 Å². The molecular formula is C13H25N3S. The lowest BCUT2D eigenvalue weighted by Crippen LogP contribution is -2.16. The first-order chi connectivity index (χ1) is 8.17. The van der Waals surface area contributed by atoms with Crippen LogP contribution in [0.3, 0.4) is 0 Å². The van der Waals surface area contributed by atoms with E-state index < -0.39 is 0 Å². The molecule has 0 amide bonds. The van der Waals surface area contributed by atoms with Crippen molar-refractivity contribution in [2.45, 2.75) is 40.2 Å². The van der Waals surface area contributed by atoms with Crippen LogP contribution in [0.2, 0.25) is 0 Å². The van der Waals surface area contributed by atoms with Crippen molar-refractivity contribution in [1.82, 2.24) is 9.55 Å². The average molecular weight is 255 g/mol. The zero-order valence-corrected chi connectivity index (χ0v) is 12.3. The minimum atomic E-state index is 0.682. The minimum Gasteiger partial charge on any atom is -0.355 e. The van der Waals surface area contributed by atoms with Gasteiger partial charge in [-0.1, -0.05) is 20.3 Å². The van der Waals surface area contributed by atoms with Gasteiger partial charge in [0.25, 0.3) is 0 Å². The molecular weight excluding hydrogens is 230 g/mol. The molecule has 0 aliphatic carbocycles. The number of rotatable bonds is 8. The zero-order valence-electron chi connectivity index (χ0n) is 11.5. The van der Waals surface area contributed by atoms with Crippen LogP contribution >= 0.6 is 11.8 Å². The SMILES string of the molecule is CCCCn1cc(C)nc1NCC(C)CSC. The maximum Gasteiger partial charge on any atom is 0.203 e. The molecule has 0 fully saturated rings. The van der Waals surface area contributed by atoms with Gasteiger partial charge in [0.2, 0.25) is 5.95 Å². The Bertz CT molecular complexity index is 322. The number of anilines is 1. The topological polar surface area (TPSA) is 29.9 Å². The molecule has 0 saturated heterocycles. The molecule has 0 spiro atoms. The largest absolute Gasteiger partial charge is 0.355 e. The maximum absolute atomic E-state index is 4.54. The number of thioether (sulfide) groups is 1. The molecule has 1 N–H and O–H groups in total. The molecule has 4 heteroatoms. The van der Waals surface area contributed by atoms with Gasteiger partial charge in [0.05, 0.1) is 5.69 Å². The van der Waals surface area contributed by atoms with Crippen LogP contribution in [0.5, 0.6) is 0 Å². The van der Waals surface area contributed by atoms with Crippen molar-refractivity contribution in [3.63, 3.8) is 0 Å². The van der Waals surface area contributed by atoms with Crippen molar-refractivity contribution in [2.75, 3.05) is 23.9 Å². The molecule has 0 saturated carbocycles. The van der Waals surface area contributed by atoms with E-state index in [1.807, 2.05) is 11.8 Å².